The molecule has 2 aromatic rings. The summed E-state index contributed by atoms with van der Waals surface area (Å²) in [6.45, 7) is 4.46. The van der Waals surface area contributed by atoms with Crippen molar-refractivity contribution in [3.63, 3.8) is 0 Å². The molecule has 0 heterocycles. The first-order chi connectivity index (χ1) is 11.3. The van der Waals surface area contributed by atoms with Crippen LogP contribution >= 0.6 is 0 Å². The third-order valence-corrected chi connectivity index (χ3v) is 3.98. The molecule has 1 amide bonds. The zero-order chi connectivity index (χ0) is 16.3. The Balaban J connectivity index is 0.00000288. The Labute approximate surface area is 151 Å². The molecule has 0 spiro atoms. The number of rotatable bonds is 9. The maximum absolute atomic E-state index is 12.4. The SMILES string of the molecule is CC[NH2+]CCCCC(NC(=O)c1ccccc1)c1ccccc1.[Cl-]. The highest BCUT2D eigenvalue weighted by Gasteiger charge is 2.15. The van der Waals surface area contributed by atoms with Crippen molar-refractivity contribution >= 4 is 5.91 Å². The van der Waals surface area contributed by atoms with Gasteiger partial charge in [0.25, 0.3) is 5.91 Å². The number of carbonyl (C=O) groups excluding carboxylic acids is 1. The second-order valence-corrected chi connectivity index (χ2v) is 5.78. The van der Waals surface area contributed by atoms with Gasteiger partial charge in [0.2, 0.25) is 0 Å². The van der Waals surface area contributed by atoms with Crippen LogP contribution < -0.4 is 23.0 Å². The summed E-state index contributed by atoms with van der Waals surface area (Å²) in [5.41, 5.74) is 1.89. The molecule has 2 rings (SSSR count). The Morgan fingerprint density at radius 1 is 1.00 bits per heavy atom. The highest BCUT2D eigenvalue weighted by Crippen LogP contribution is 2.19. The number of halogens is 1. The first-order valence-electron chi connectivity index (χ1n) is 8.53. The summed E-state index contributed by atoms with van der Waals surface area (Å²) in [6, 6.07) is 19.8. The molecule has 24 heavy (non-hydrogen) atoms. The fourth-order valence-corrected chi connectivity index (χ4v) is 2.68. The minimum Gasteiger partial charge on any atom is -1.00 e. The monoisotopic (exact) mass is 346 g/mol. The molecule has 0 radical (unpaired) electrons. The molecule has 0 bridgehead atoms. The van der Waals surface area contributed by atoms with Gasteiger partial charge in [-0.15, -0.1) is 0 Å². The normalized spacial score (nSPS) is 11.4. The topological polar surface area (TPSA) is 45.7 Å². The van der Waals surface area contributed by atoms with Crippen molar-refractivity contribution in [3.05, 3.63) is 71.8 Å². The van der Waals surface area contributed by atoms with Crippen LogP contribution in [0.4, 0.5) is 0 Å². The van der Waals surface area contributed by atoms with Crippen LogP contribution in [0.5, 0.6) is 0 Å². The second-order valence-electron chi connectivity index (χ2n) is 5.78. The van der Waals surface area contributed by atoms with E-state index in [1.165, 1.54) is 12.0 Å². The minimum atomic E-state index is -0.000395. The Hall–Kier alpha value is -1.84. The van der Waals surface area contributed by atoms with Gasteiger partial charge in [-0.25, -0.2) is 0 Å². The molecule has 1 unspecified atom stereocenters. The van der Waals surface area contributed by atoms with Gasteiger partial charge in [-0.2, -0.15) is 0 Å². The lowest BCUT2D eigenvalue weighted by molar-refractivity contribution is -0.652. The number of carbonyl (C=O) groups is 1. The van der Waals surface area contributed by atoms with Crippen LogP contribution in [0.1, 0.15) is 48.1 Å². The number of nitrogens with two attached hydrogens (primary N) is 1. The van der Waals surface area contributed by atoms with Crippen molar-refractivity contribution in [2.75, 3.05) is 13.1 Å². The number of amides is 1. The molecule has 0 aromatic heterocycles. The van der Waals surface area contributed by atoms with Gasteiger partial charge in [-0.1, -0.05) is 48.5 Å². The molecule has 0 fully saturated rings. The van der Waals surface area contributed by atoms with Crippen molar-refractivity contribution < 1.29 is 22.5 Å². The van der Waals surface area contributed by atoms with Gasteiger partial charge in [0.1, 0.15) is 0 Å². The fourth-order valence-electron chi connectivity index (χ4n) is 2.68. The molecule has 3 nitrogen and oxygen atoms in total. The summed E-state index contributed by atoms with van der Waals surface area (Å²) >= 11 is 0. The summed E-state index contributed by atoms with van der Waals surface area (Å²) in [7, 11) is 0. The van der Waals surface area contributed by atoms with Crippen molar-refractivity contribution in [2.45, 2.75) is 32.2 Å². The molecule has 4 heteroatoms. The van der Waals surface area contributed by atoms with Gasteiger partial charge in [0.15, 0.2) is 0 Å². The Morgan fingerprint density at radius 3 is 2.25 bits per heavy atom. The zero-order valence-electron chi connectivity index (χ0n) is 14.2. The standard InChI is InChI=1S/C20H26N2O.ClH/c1-2-21-16-10-9-15-19(17-11-5-3-6-12-17)22-20(23)18-13-7-4-8-14-18;/h3-8,11-14,19,21H,2,9-10,15-16H2,1H3,(H,22,23);1H. The van der Waals surface area contributed by atoms with Crippen molar-refractivity contribution in [1.82, 2.24) is 5.32 Å². The highest BCUT2D eigenvalue weighted by molar-refractivity contribution is 5.94. The number of quaternary nitrogens is 1. The molecule has 0 aliphatic heterocycles. The van der Waals surface area contributed by atoms with Gasteiger partial charge in [-0.05, 0) is 43.9 Å². The van der Waals surface area contributed by atoms with Gasteiger partial charge >= 0.3 is 0 Å². The minimum absolute atomic E-state index is 0. The van der Waals surface area contributed by atoms with E-state index in [0.717, 1.165) is 25.9 Å². The molecule has 1 atom stereocenters. The van der Waals surface area contributed by atoms with E-state index in [-0.39, 0.29) is 24.4 Å². The van der Waals surface area contributed by atoms with Crippen LogP contribution in [0, 0.1) is 0 Å². The van der Waals surface area contributed by atoms with Crippen LogP contribution in [-0.2, 0) is 0 Å². The maximum Gasteiger partial charge on any atom is 0.251 e. The van der Waals surface area contributed by atoms with Crippen LogP contribution in [0.25, 0.3) is 0 Å². The number of unbranched alkanes of at least 4 members (excludes halogenated alkanes) is 1. The van der Waals surface area contributed by atoms with E-state index in [1.807, 2.05) is 48.5 Å². The molecular weight excluding hydrogens is 320 g/mol. The lowest BCUT2D eigenvalue weighted by Gasteiger charge is -2.19. The summed E-state index contributed by atoms with van der Waals surface area (Å²) in [5, 5.41) is 5.51. The maximum atomic E-state index is 12.4. The van der Waals surface area contributed by atoms with E-state index in [2.05, 4.69) is 29.7 Å². The van der Waals surface area contributed by atoms with E-state index < -0.39 is 0 Å². The predicted octanol–water partition coefficient (Wildman–Crippen LogP) is -0.0847. The van der Waals surface area contributed by atoms with Gasteiger partial charge in [0, 0.05) is 5.56 Å². The van der Waals surface area contributed by atoms with E-state index in [1.54, 1.807) is 0 Å². The summed E-state index contributed by atoms with van der Waals surface area (Å²) in [6.07, 6.45) is 3.27. The Bertz CT molecular complexity index is 575. The summed E-state index contributed by atoms with van der Waals surface area (Å²) < 4.78 is 0. The lowest BCUT2D eigenvalue weighted by Crippen LogP contribution is -3.00. The number of benzene rings is 2. The molecule has 2 aromatic carbocycles. The number of hydrogen-bond acceptors (Lipinski definition) is 1. The molecule has 130 valence electrons. The quantitative estimate of drug-likeness (QED) is 0.613. The smallest absolute Gasteiger partial charge is 0.251 e. The van der Waals surface area contributed by atoms with Crippen LogP contribution in [0.3, 0.4) is 0 Å². The molecule has 0 aliphatic rings. The fraction of sp³-hybridized carbons (Fsp3) is 0.350. The Kier molecular flexibility index (Phi) is 9.81. The molecule has 0 aliphatic carbocycles. The molecule has 0 saturated carbocycles. The van der Waals surface area contributed by atoms with Crippen molar-refractivity contribution in [2.24, 2.45) is 0 Å². The Morgan fingerprint density at radius 2 is 1.62 bits per heavy atom. The third-order valence-electron chi connectivity index (χ3n) is 3.98. The lowest BCUT2D eigenvalue weighted by atomic mass is 10.0. The van der Waals surface area contributed by atoms with Crippen LogP contribution in [-0.4, -0.2) is 19.0 Å². The van der Waals surface area contributed by atoms with E-state index >= 15 is 0 Å². The van der Waals surface area contributed by atoms with Crippen molar-refractivity contribution in [3.8, 4) is 0 Å². The molecule has 3 N–H and O–H groups in total. The largest absolute Gasteiger partial charge is 1.00 e. The summed E-state index contributed by atoms with van der Waals surface area (Å²) in [5.74, 6) is -0.000395. The van der Waals surface area contributed by atoms with Crippen molar-refractivity contribution in [1.29, 1.82) is 0 Å². The van der Waals surface area contributed by atoms with E-state index in [9.17, 15) is 4.79 Å². The second kappa shape index (κ2) is 11.7. The first kappa shape index (κ1) is 20.2. The van der Waals surface area contributed by atoms with Crippen LogP contribution in [0.15, 0.2) is 60.7 Å². The number of hydrogen-bond donors (Lipinski definition) is 2. The number of nitrogens with one attached hydrogen (secondary N) is 1. The van der Waals surface area contributed by atoms with Crippen LogP contribution in [0.2, 0.25) is 0 Å². The average Bonchev–Trinajstić information content (AvgIpc) is 2.62. The van der Waals surface area contributed by atoms with Gasteiger partial charge < -0.3 is 23.0 Å². The third kappa shape index (κ3) is 6.73. The average molecular weight is 347 g/mol. The summed E-state index contributed by atoms with van der Waals surface area (Å²) in [4.78, 5) is 12.4. The highest BCUT2D eigenvalue weighted by atomic mass is 35.5. The van der Waals surface area contributed by atoms with Gasteiger partial charge in [-0.3, -0.25) is 4.79 Å². The molecule has 0 saturated heterocycles. The molecular formula is C20H27ClN2O. The van der Waals surface area contributed by atoms with E-state index in [0.29, 0.717) is 5.56 Å². The van der Waals surface area contributed by atoms with Gasteiger partial charge in [0.05, 0.1) is 19.1 Å². The predicted molar refractivity (Wildman–Crippen MR) is 94.3 cm³/mol. The van der Waals surface area contributed by atoms with E-state index in [4.69, 9.17) is 0 Å². The zero-order valence-corrected chi connectivity index (χ0v) is 15.0. The first-order valence-corrected chi connectivity index (χ1v) is 8.53.